The SMILES string of the molecule is CNCCc1ccc(S(C)(=O)=O)c(F)c1F. The van der Waals surface area contributed by atoms with Crippen LogP contribution in [0.3, 0.4) is 0 Å². The second kappa shape index (κ2) is 4.88. The quantitative estimate of drug-likeness (QED) is 0.870. The molecule has 0 saturated carbocycles. The Labute approximate surface area is 93.4 Å². The number of hydrogen-bond acceptors (Lipinski definition) is 3. The first-order valence-corrected chi connectivity index (χ1v) is 6.58. The van der Waals surface area contributed by atoms with Gasteiger partial charge in [0.05, 0.1) is 0 Å². The summed E-state index contributed by atoms with van der Waals surface area (Å²) in [6.07, 6.45) is 1.15. The summed E-state index contributed by atoms with van der Waals surface area (Å²) in [7, 11) is -2.03. The van der Waals surface area contributed by atoms with Gasteiger partial charge in [0.2, 0.25) is 0 Å². The summed E-state index contributed by atoms with van der Waals surface area (Å²) in [6, 6.07) is 2.39. The van der Waals surface area contributed by atoms with Crippen LogP contribution in [0.5, 0.6) is 0 Å². The molecule has 3 nitrogen and oxygen atoms in total. The molecule has 0 unspecified atom stereocenters. The maximum Gasteiger partial charge on any atom is 0.178 e. The van der Waals surface area contributed by atoms with Gasteiger partial charge in [0.1, 0.15) is 4.90 Å². The van der Waals surface area contributed by atoms with Crippen LogP contribution < -0.4 is 5.32 Å². The van der Waals surface area contributed by atoms with Gasteiger partial charge in [-0.25, -0.2) is 17.2 Å². The Kier molecular flexibility index (Phi) is 3.98. The van der Waals surface area contributed by atoms with Crippen LogP contribution in [0.25, 0.3) is 0 Å². The van der Waals surface area contributed by atoms with Gasteiger partial charge in [-0.3, -0.25) is 0 Å². The Balaban J connectivity index is 3.19. The van der Waals surface area contributed by atoms with Gasteiger partial charge in [-0.05, 0) is 31.6 Å². The second-order valence-electron chi connectivity index (χ2n) is 3.48. The van der Waals surface area contributed by atoms with E-state index in [2.05, 4.69) is 5.32 Å². The molecule has 0 spiro atoms. The molecule has 0 aliphatic heterocycles. The lowest BCUT2D eigenvalue weighted by Crippen LogP contribution is -2.12. The number of benzene rings is 1. The molecular formula is C10H13F2NO2S. The number of rotatable bonds is 4. The first-order chi connectivity index (χ1) is 7.38. The van der Waals surface area contributed by atoms with Crippen LogP contribution in [0.4, 0.5) is 8.78 Å². The first-order valence-electron chi connectivity index (χ1n) is 4.69. The van der Waals surface area contributed by atoms with E-state index in [4.69, 9.17) is 0 Å². The van der Waals surface area contributed by atoms with Gasteiger partial charge in [-0.15, -0.1) is 0 Å². The first kappa shape index (κ1) is 13.1. The molecule has 0 aromatic heterocycles. The monoisotopic (exact) mass is 249 g/mol. The third-order valence-electron chi connectivity index (χ3n) is 2.17. The van der Waals surface area contributed by atoms with E-state index in [0.29, 0.717) is 13.0 Å². The number of nitrogens with one attached hydrogen (secondary N) is 1. The van der Waals surface area contributed by atoms with Crippen molar-refractivity contribution in [2.75, 3.05) is 19.8 Å². The van der Waals surface area contributed by atoms with E-state index in [1.54, 1.807) is 7.05 Å². The molecule has 90 valence electrons. The van der Waals surface area contributed by atoms with Crippen LogP contribution in [-0.2, 0) is 16.3 Å². The molecule has 1 rings (SSSR count). The lowest BCUT2D eigenvalue weighted by Gasteiger charge is -2.06. The van der Waals surface area contributed by atoms with Crippen molar-refractivity contribution in [2.45, 2.75) is 11.3 Å². The van der Waals surface area contributed by atoms with Crippen molar-refractivity contribution in [3.8, 4) is 0 Å². The van der Waals surface area contributed by atoms with E-state index < -0.39 is 26.4 Å². The summed E-state index contributed by atoms with van der Waals surface area (Å²) in [5.74, 6) is -2.38. The molecule has 1 aromatic rings. The highest BCUT2D eigenvalue weighted by Gasteiger charge is 2.19. The van der Waals surface area contributed by atoms with Gasteiger partial charge in [-0.1, -0.05) is 6.07 Å². The van der Waals surface area contributed by atoms with E-state index in [-0.39, 0.29) is 5.56 Å². The highest BCUT2D eigenvalue weighted by Crippen LogP contribution is 2.20. The zero-order valence-corrected chi connectivity index (χ0v) is 9.87. The molecule has 0 heterocycles. The van der Waals surface area contributed by atoms with Gasteiger partial charge in [0, 0.05) is 6.26 Å². The lowest BCUT2D eigenvalue weighted by atomic mass is 10.1. The summed E-state index contributed by atoms with van der Waals surface area (Å²) in [4.78, 5) is -0.599. The van der Waals surface area contributed by atoms with Gasteiger partial charge in [0.25, 0.3) is 0 Å². The molecule has 0 atom stereocenters. The van der Waals surface area contributed by atoms with E-state index in [1.165, 1.54) is 6.07 Å². The Morgan fingerprint density at radius 3 is 2.38 bits per heavy atom. The molecule has 0 amide bonds. The summed E-state index contributed by atoms with van der Waals surface area (Å²) < 4.78 is 49.1. The van der Waals surface area contributed by atoms with Crippen molar-refractivity contribution >= 4 is 9.84 Å². The topological polar surface area (TPSA) is 46.2 Å². The Bertz CT molecular complexity index is 486. The normalized spacial score (nSPS) is 11.8. The fourth-order valence-electron chi connectivity index (χ4n) is 1.31. The van der Waals surface area contributed by atoms with Crippen LogP contribution in [0.1, 0.15) is 5.56 Å². The average molecular weight is 249 g/mol. The highest BCUT2D eigenvalue weighted by molar-refractivity contribution is 7.90. The average Bonchev–Trinajstić information content (AvgIpc) is 2.18. The molecule has 0 aliphatic carbocycles. The molecule has 16 heavy (non-hydrogen) atoms. The van der Waals surface area contributed by atoms with Gasteiger partial charge < -0.3 is 5.32 Å². The van der Waals surface area contributed by atoms with Gasteiger partial charge >= 0.3 is 0 Å². The van der Waals surface area contributed by atoms with Crippen LogP contribution in [0.15, 0.2) is 17.0 Å². The van der Waals surface area contributed by atoms with Crippen molar-refractivity contribution in [2.24, 2.45) is 0 Å². The predicted molar refractivity (Wildman–Crippen MR) is 57.1 cm³/mol. The Hall–Kier alpha value is -1.01. The number of halogens is 2. The molecule has 0 saturated heterocycles. The predicted octanol–water partition coefficient (Wildman–Crippen LogP) is 1.13. The van der Waals surface area contributed by atoms with E-state index in [9.17, 15) is 17.2 Å². The molecule has 0 aliphatic rings. The standard InChI is InChI=1S/C10H13F2NO2S/c1-13-6-5-7-3-4-8(16(2,14)15)10(12)9(7)11/h3-4,13H,5-6H2,1-2H3. The number of likely N-dealkylation sites (N-methyl/N-ethyl adjacent to an activating group) is 1. The minimum absolute atomic E-state index is 0.166. The fourth-order valence-corrected chi connectivity index (χ4v) is 2.04. The smallest absolute Gasteiger partial charge is 0.178 e. The molecular weight excluding hydrogens is 236 g/mol. The van der Waals surface area contributed by atoms with Crippen LogP contribution in [-0.4, -0.2) is 28.3 Å². The zero-order chi connectivity index (χ0) is 12.3. The summed E-state index contributed by atoms with van der Waals surface area (Å²) in [5, 5.41) is 2.80. The maximum atomic E-state index is 13.4. The molecule has 1 aromatic carbocycles. The molecule has 1 N–H and O–H groups in total. The third kappa shape index (κ3) is 2.76. The van der Waals surface area contributed by atoms with Crippen LogP contribution in [0.2, 0.25) is 0 Å². The van der Waals surface area contributed by atoms with E-state index >= 15 is 0 Å². The lowest BCUT2D eigenvalue weighted by molar-refractivity contribution is 0.476. The minimum atomic E-state index is -3.72. The van der Waals surface area contributed by atoms with Crippen LogP contribution >= 0.6 is 0 Å². The van der Waals surface area contributed by atoms with E-state index in [1.807, 2.05) is 0 Å². The molecule has 6 heteroatoms. The van der Waals surface area contributed by atoms with Crippen LogP contribution in [0, 0.1) is 11.6 Å². The third-order valence-corrected chi connectivity index (χ3v) is 3.28. The Morgan fingerprint density at radius 1 is 1.25 bits per heavy atom. The number of sulfone groups is 1. The molecule has 0 bridgehead atoms. The van der Waals surface area contributed by atoms with Gasteiger partial charge in [-0.2, -0.15) is 0 Å². The summed E-state index contributed by atoms with van der Waals surface area (Å²) in [6.45, 7) is 0.495. The number of hydrogen-bond donors (Lipinski definition) is 1. The van der Waals surface area contributed by atoms with Crippen molar-refractivity contribution in [3.05, 3.63) is 29.3 Å². The summed E-state index contributed by atoms with van der Waals surface area (Å²) >= 11 is 0. The second-order valence-corrected chi connectivity index (χ2v) is 5.46. The Morgan fingerprint density at radius 2 is 1.88 bits per heavy atom. The maximum absolute atomic E-state index is 13.4. The molecule has 0 fully saturated rings. The van der Waals surface area contributed by atoms with E-state index in [0.717, 1.165) is 12.3 Å². The van der Waals surface area contributed by atoms with Crippen molar-refractivity contribution in [1.82, 2.24) is 5.32 Å². The largest absolute Gasteiger partial charge is 0.319 e. The minimum Gasteiger partial charge on any atom is -0.319 e. The van der Waals surface area contributed by atoms with Crippen molar-refractivity contribution in [3.63, 3.8) is 0 Å². The van der Waals surface area contributed by atoms with Gasteiger partial charge in [0.15, 0.2) is 21.5 Å². The highest BCUT2D eigenvalue weighted by atomic mass is 32.2. The zero-order valence-electron chi connectivity index (χ0n) is 9.05. The fraction of sp³-hybridized carbons (Fsp3) is 0.400. The van der Waals surface area contributed by atoms with Crippen molar-refractivity contribution < 1.29 is 17.2 Å². The summed E-state index contributed by atoms with van der Waals surface area (Å²) in [5.41, 5.74) is 0.166. The van der Waals surface area contributed by atoms with Crippen molar-refractivity contribution in [1.29, 1.82) is 0 Å². The molecule has 0 radical (unpaired) electrons.